The van der Waals surface area contributed by atoms with Crippen molar-refractivity contribution in [3.8, 4) is 17.2 Å². The minimum Gasteiger partial charge on any atom is -0.504 e. The van der Waals surface area contributed by atoms with Crippen molar-refractivity contribution < 1.29 is 19.7 Å². The highest BCUT2D eigenvalue weighted by Crippen LogP contribution is 2.32. The van der Waals surface area contributed by atoms with E-state index in [4.69, 9.17) is 9.47 Å². The van der Waals surface area contributed by atoms with E-state index in [0.717, 1.165) is 29.8 Å². The highest BCUT2D eigenvalue weighted by Gasteiger charge is 2.29. The molecule has 134 valence electrons. The second-order valence-electron chi connectivity index (χ2n) is 6.48. The number of likely N-dealkylation sites (tertiary alicyclic amines) is 1. The second kappa shape index (κ2) is 7.76. The summed E-state index contributed by atoms with van der Waals surface area (Å²) in [6, 6.07) is 13.4. The lowest BCUT2D eigenvalue weighted by molar-refractivity contribution is 0.0476. The van der Waals surface area contributed by atoms with Gasteiger partial charge in [0.2, 0.25) is 0 Å². The third kappa shape index (κ3) is 4.06. The van der Waals surface area contributed by atoms with Crippen LogP contribution in [0.3, 0.4) is 0 Å². The van der Waals surface area contributed by atoms with E-state index in [0.29, 0.717) is 18.8 Å². The van der Waals surface area contributed by atoms with Gasteiger partial charge in [-0.05, 0) is 48.4 Å². The lowest BCUT2D eigenvalue weighted by atomic mass is 9.87. The minimum atomic E-state index is -0.423. The Labute approximate surface area is 148 Å². The van der Waals surface area contributed by atoms with Crippen molar-refractivity contribution in [2.24, 2.45) is 0 Å². The van der Waals surface area contributed by atoms with Gasteiger partial charge < -0.3 is 19.7 Å². The Hall–Kier alpha value is -2.24. The molecule has 2 aromatic carbocycles. The molecule has 2 aromatic rings. The van der Waals surface area contributed by atoms with Gasteiger partial charge in [0.05, 0.1) is 20.3 Å². The predicted molar refractivity (Wildman–Crippen MR) is 96.3 cm³/mol. The summed E-state index contributed by atoms with van der Waals surface area (Å²) in [6.45, 7) is 2.19. The van der Waals surface area contributed by atoms with E-state index in [-0.39, 0.29) is 11.7 Å². The van der Waals surface area contributed by atoms with E-state index >= 15 is 0 Å². The number of methoxy groups -OCH3 is 2. The van der Waals surface area contributed by atoms with E-state index in [9.17, 15) is 10.2 Å². The Morgan fingerprint density at radius 2 is 1.96 bits per heavy atom. The largest absolute Gasteiger partial charge is 0.504 e. The van der Waals surface area contributed by atoms with Crippen LogP contribution < -0.4 is 9.47 Å². The molecule has 1 heterocycles. The van der Waals surface area contributed by atoms with Crippen LogP contribution in [0.25, 0.3) is 0 Å². The van der Waals surface area contributed by atoms with Crippen LogP contribution in [0.2, 0.25) is 0 Å². The normalized spacial score (nSPS) is 21.1. The monoisotopic (exact) mass is 343 g/mol. The van der Waals surface area contributed by atoms with Crippen LogP contribution in [0, 0.1) is 0 Å². The molecule has 0 spiro atoms. The minimum absolute atomic E-state index is 0.121. The zero-order valence-electron chi connectivity index (χ0n) is 14.7. The van der Waals surface area contributed by atoms with Crippen molar-refractivity contribution in [2.45, 2.75) is 25.0 Å². The molecule has 5 heteroatoms. The topological polar surface area (TPSA) is 62.2 Å². The summed E-state index contributed by atoms with van der Waals surface area (Å²) >= 11 is 0. The quantitative estimate of drug-likeness (QED) is 0.874. The van der Waals surface area contributed by atoms with Crippen molar-refractivity contribution in [3.63, 3.8) is 0 Å². The number of ether oxygens (including phenoxy) is 2. The first-order valence-corrected chi connectivity index (χ1v) is 8.51. The van der Waals surface area contributed by atoms with Crippen molar-refractivity contribution in [3.05, 3.63) is 53.6 Å². The van der Waals surface area contributed by atoms with Gasteiger partial charge in [0.25, 0.3) is 0 Å². The van der Waals surface area contributed by atoms with Gasteiger partial charge in [-0.3, -0.25) is 4.90 Å². The molecule has 0 aromatic heterocycles. The molecule has 1 aliphatic heterocycles. The molecule has 2 N–H and O–H groups in total. The summed E-state index contributed by atoms with van der Waals surface area (Å²) in [6.07, 6.45) is 0.462. The number of hydrogen-bond donors (Lipinski definition) is 2. The second-order valence-corrected chi connectivity index (χ2v) is 6.48. The van der Waals surface area contributed by atoms with Crippen molar-refractivity contribution in [1.29, 1.82) is 0 Å². The summed E-state index contributed by atoms with van der Waals surface area (Å²) in [4.78, 5) is 2.21. The molecule has 25 heavy (non-hydrogen) atoms. The van der Waals surface area contributed by atoms with Crippen molar-refractivity contribution in [1.82, 2.24) is 4.90 Å². The van der Waals surface area contributed by atoms with Gasteiger partial charge in [0, 0.05) is 19.0 Å². The van der Waals surface area contributed by atoms with Gasteiger partial charge in [-0.15, -0.1) is 0 Å². The van der Waals surface area contributed by atoms with Crippen molar-refractivity contribution in [2.75, 3.05) is 27.3 Å². The number of β-amino-alcohol motifs (C(OH)–C–C–N with tert-alkyl or cyclic N) is 1. The Morgan fingerprint density at radius 3 is 2.64 bits per heavy atom. The molecular formula is C20H25NO4. The Balaban J connectivity index is 1.64. The number of benzene rings is 2. The Morgan fingerprint density at radius 1 is 1.12 bits per heavy atom. The fourth-order valence-corrected chi connectivity index (χ4v) is 3.49. The smallest absolute Gasteiger partial charge is 0.160 e. The summed E-state index contributed by atoms with van der Waals surface area (Å²) < 4.78 is 10.4. The summed E-state index contributed by atoms with van der Waals surface area (Å²) in [5.41, 5.74) is 2.12. The van der Waals surface area contributed by atoms with Crippen LogP contribution in [0.4, 0.5) is 0 Å². The van der Waals surface area contributed by atoms with Crippen LogP contribution in [0.1, 0.15) is 23.5 Å². The molecule has 1 saturated heterocycles. The van der Waals surface area contributed by atoms with Crippen LogP contribution in [0.15, 0.2) is 42.5 Å². The van der Waals surface area contributed by atoms with Gasteiger partial charge in [-0.1, -0.05) is 18.2 Å². The van der Waals surface area contributed by atoms with E-state index in [1.807, 2.05) is 30.3 Å². The van der Waals surface area contributed by atoms with Gasteiger partial charge >= 0.3 is 0 Å². The summed E-state index contributed by atoms with van der Waals surface area (Å²) in [5.74, 6) is 1.56. The van der Waals surface area contributed by atoms with Crippen LogP contribution in [0.5, 0.6) is 17.2 Å². The van der Waals surface area contributed by atoms with Crippen LogP contribution in [-0.2, 0) is 6.54 Å². The third-order valence-electron chi connectivity index (χ3n) is 4.84. The lowest BCUT2D eigenvalue weighted by Gasteiger charge is -2.36. The van der Waals surface area contributed by atoms with Crippen LogP contribution in [-0.4, -0.2) is 48.5 Å². The zero-order valence-corrected chi connectivity index (χ0v) is 14.7. The number of aliphatic hydroxyl groups is 1. The van der Waals surface area contributed by atoms with E-state index in [2.05, 4.69) is 4.90 Å². The van der Waals surface area contributed by atoms with E-state index < -0.39 is 6.10 Å². The fraction of sp³-hybridized carbons (Fsp3) is 0.400. The number of aliphatic hydroxyl groups excluding tert-OH is 1. The molecule has 0 saturated carbocycles. The van der Waals surface area contributed by atoms with Gasteiger partial charge in [-0.25, -0.2) is 0 Å². The van der Waals surface area contributed by atoms with Gasteiger partial charge in [0.1, 0.15) is 5.75 Å². The number of nitrogens with zero attached hydrogens (tertiary/aromatic N) is 1. The molecule has 0 radical (unpaired) electrons. The molecule has 0 aliphatic carbocycles. The molecule has 0 bridgehead atoms. The summed E-state index contributed by atoms with van der Waals surface area (Å²) in [5, 5.41) is 20.5. The molecule has 1 aliphatic rings. The average Bonchev–Trinajstić information content (AvgIpc) is 2.62. The maximum Gasteiger partial charge on any atom is 0.160 e. The average molecular weight is 343 g/mol. The molecule has 0 amide bonds. The number of phenolic OH excluding ortho intramolecular Hbond substituents is 1. The van der Waals surface area contributed by atoms with E-state index in [1.165, 1.54) is 7.11 Å². The predicted octanol–water partition coefficient (Wildman–Crippen LogP) is 2.76. The molecular weight excluding hydrogens is 318 g/mol. The SMILES string of the molecule is COc1cccc([C@@H]2CCN(Cc3ccc(OC)c(O)c3)C[C@H]2O)c1. The lowest BCUT2D eigenvalue weighted by Crippen LogP contribution is -2.42. The van der Waals surface area contributed by atoms with E-state index in [1.54, 1.807) is 19.2 Å². The molecule has 3 rings (SSSR count). The number of aromatic hydroxyl groups is 1. The number of piperidine rings is 1. The standard InChI is InChI=1S/C20H25NO4/c1-24-16-5-3-4-15(11-16)17-8-9-21(13-19(17)23)12-14-6-7-20(25-2)18(22)10-14/h3-7,10-11,17,19,22-23H,8-9,12-13H2,1-2H3/t17-,19+/m0/s1. The van der Waals surface area contributed by atoms with Crippen LogP contribution >= 0.6 is 0 Å². The fourth-order valence-electron chi connectivity index (χ4n) is 3.49. The number of phenols is 1. The zero-order chi connectivity index (χ0) is 17.8. The summed E-state index contributed by atoms with van der Waals surface area (Å²) in [7, 11) is 3.19. The molecule has 0 unspecified atom stereocenters. The Kier molecular flexibility index (Phi) is 5.46. The first-order chi connectivity index (χ1) is 12.1. The molecule has 1 fully saturated rings. The highest BCUT2D eigenvalue weighted by atomic mass is 16.5. The third-order valence-corrected chi connectivity index (χ3v) is 4.84. The van der Waals surface area contributed by atoms with Gasteiger partial charge in [-0.2, -0.15) is 0 Å². The highest BCUT2D eigenvalue weighted by molar-refractivity contribution is 5.41. The number of rotatable bonds is 5. The maximum absolute atomic E-state index is 10.6. The molecule has 5 nitrogen and oxygen atoms in total. The van der Waals surface area contributed by atoms with Crippen molar-refractivity contribution >= 4 is 0 Å². The maximum atomic E-state index is 10.6. The first kappa shape index (κ1) is 17.6. The van der Waals surface area contributed by atoms with Gasteiger partial charge in [0.15, 0.2) is 11.5 Å². The number of hydrogen-bond acceptors (Lipinski definition) is 5. The Bertz CT molecular complexity index is 719. The first-order valence-electron chi connectivity index (χ1n) is 8.51. The molecule has 2 atom stereocenters.